The maximum absolute atomic E-state index is 12.0. The lowest BCUT2D eigenvalue weighted by Crippen LogP contribution is -2.37. The summed E-state index contributed by atoms with van der Waals surface area (Å²) in [5.74, 6) is 0.274. The molecule has 0 saturated carbocycles. The zero-order valence-electron chi connectivity index (χ0n) is 13.9. The van der Waals surface area contributed by atoms with Gasteiger partial charge in [0, 0.05) is 17.7 Å². The summed E-state index contributed by atoms with van der Waals surface area (Å²) in [4.78, 5) is 23.9. The van der Waals surface area contributed by atoms with Crippen molar-refractivity contribution in [1.29, 1.82) is 0 Å². The molecular formula is C16H19N3O5. The Morgan fingerprint density at radius 2 is 1.92 bits per heavy atom. The number of aromatic nitrogens is 1. The maximum atomic E-state index is 12.0. The first-order valence-electron chi connectivity index (χ1n) is 7.21. The number of nitrogens with zero attached hydrogens (tertiary/aromatic N) is 1. The Morgan fingerprint density at radius 1 is 1.17 bits per heavy atom. The van der Waals surface area contributed by atoms with Gasteiger partial charge in [0.15, 0.2) is 5.82 Å². The van der Waals surface area contributed by atoms with E-state index < -0.39 is 17.9 Å². The van der Waals surface area contributed by atoms with Crippen LogP contribution < -0.4 is 20.1 Å². The van der Waals surface area contributed by atoms with Crippen molar-refractivity contribution in [2.24, 2.45) is 0 Å². The fourth-order valence-corrected chi connectivity index (χ4v) is 2.11. The summed E-state index contributed by atoms with van der Waals surface area (Å²) >= 11 is 0. The van der Waals surface area contributed by atoms with Crippen molar-refractivity contribution in [2.75, 3.05) is 19.5 Å². The van der Waals surface area contributed by atoms with Crippen molar-refractivity contribution in [3.05, 3.63) is 35.6 Å². The first-order valence-corrected chi connectivity index (χ1v) is 7.21. The largest absolute Gasteiger partial charge is 0.497 e. The molecule has 0 aliphatic heterocycles. The van der Waals surface area contributed by atoms with Crippen LogP contribution in [0.1, 0.15) is 24.3 Å². The van der Waals surface area contributed by atoms with Crippen LogP contribution in [0.5, 0.6) is 11.5 Å². The molecule has 0 spiro atoms. The molecule has 0 saturated heterocycles. The van der Waals surface area contributed by atoms with Crippen LogP contribution in [-0.2, 0) is 9.59 Å². The second-order valence-corrected chi connectivity index (χ2v) is 5.08. The van der Waals surface area contributed by atoms with Crippen LogP contribution in [0.4, 0.5) is 5.82 Å². The molecule has 2 aromatic rings. The molecule has 2 amide bonds. The van der Waals surface area contributed by atoms with Crippen LogP contribution in [0.25, 0.3) is 0 Å². The first kappa shape index (κ1) is 17.3. The lowest BCUT2D eigenvalue weighted by atomic mass is 10.1. The quantitative estimate of drug-likeness (QED) is 0.809. The van der Waals surface area contributed by atoms with Gasteiger partial charge < -0.3 is 19.3 Å². The lowest BCUT2D eigenvalue weighted by Gasteiger charge is -2.17. The van der Waals surface area contributed by atoms with Crippen LogP contribution in [0.15, 0.2) is 28.8 Å². The smallest absolute Gasteiger partial charge is 0.314 e. The topological polar surface area (TPSA) is 103 Å². The highest BCUT2D eigenvalue weighted by molar-refractivity contribution is 6.39. The summed E-state index contributed by atoms with van der Waals surface area (Å²) in [5, 5.41) is 8.57. The number of carbonyl (C=O) groups is 2. The molecule has 8 nitrogen and oxygen atoms in total. The van der Waals surface area contributed by atoms with Gasteiger partial charge in [-0.1, -0.05) is 5.16 Å². The van der Waals surface area contributed by atoms with Crippen molar-refractivity contribution in [2.45, 2.75) is 19.9 Å². The number of rotatable bonds is 5. The van der Waals surface area contributed by atoms with E-state index in [1.54, 1.807) is 39.2 Å². The molecule has 1 atom stereocenters. The molecule has 1 heterocycles. The fraction of sp³-hybridized carbons (Fsp3) is 0.312. The number of benzene rings is 1. The highest BCUT2D eigenvalue weighted by atomic mass is 16.5. The van der Waals surface area contributed by atoms with E-state index in [2.05, 4.69) is 15.8 Å². The minimum atomic E-state index is -0.831. The molecule has 1 aromatic carbocycles. The Bertz CT molecular complexity index is 741. The molecule has 0 aliphatic rings. The Kier molecular flexibility index (Phi) is 5.41. The van der Waals surface area contributed by atoms with Gasteiger partial charge in [0.25, 0.3) is 0 Å². The summed E-state index contributed by atoms with van der Waals surface area (Å²) < 4.78 is 15.2. The highest BCUT2D eigenvalue weighted by Crippen LogP contribution is 2.29. The second kappa shape index (κ2) is 7.49. The zero-order valence-corrected chi connectivity index (χ0v) is 13.9. The van der Waals surface area contributed by atoms with Crippen LogP contribution in [-0.4, -0.2) is 31.2 Å². The van der Waals surface area contributed by atoms with Crippen LogP contribution in [0, 0.1) is 6.92 Å². The molecule has 0 radical (unpaired) electrons. The number of nitrogens with one attached hydrogen (secondary N) is 2. The van der Waals surface area contributed by atoms with Gasteiger partial charge in [0.2, 0.25) is 0 Å². The van der Waals surface area contributed by atoms with Crippen molar-refractivity contribution >= 4 is 17.6 Å². The predicted octanol–water partition coefficient (Wildman–Crippen LogP) is 1.82. The van der Waals surface area contributed by atoms with Gasteiger partial charge in [-0.25, -0.2) is 0 Å². The minimum absolute atomic E-state index is 0.183. The lowest BCUT2D eigenvalue weighted by molar-refractivity contribution is -0.136. The van der Waals surface area contributed by atoms with Crippen LogP contribution in [0.3, 0.4) is 0 Å². The standard InChI is InChI=1S/C16H19N3O5/c1-9-7-14(19-24-9)18-16(21)15(20)17-10(2)12-6-5-11(22-3)8-13(12)23-4/h5-8,10H,1-4H3,(H,17,20)(H,18,19,21)/t10-/m0/s1. The predicted molar refractivity (Wildman–Crippen MR) is 86.0 cm³/mol. The summed E-state index contributed by atoms with van der Waals surface area (Å²) in [6.07, 6.45) is 0. The number of amides is 2. The third-order valence-corrected chi connectivity index (χ3v) is 3.33. The number of hydrogen-bond donors (Lipinski definition) is 2. The molecular weight excluding hydrogens is 314 g/mol. The summed E-state index contributed by atoms with van der Waals surface area (Å²) in [7, 11) is 3.07. The van der Waals surface area contributed by atoms with E-state index in [4.69, 9.17) is 14.0 Å². The normalized spacial score (nSPS) is 11.5. The first-order chi connectivity index (χ1) is 11.4. The second-order valence-electron chi connectivity index (χ2n) is 5.08. The van der Waals surface area contributed by atoms with Crippen molar-refractivity contribution in [3.8, 4) is 11.5 Å². The summed E-state index contributed by atoms with van der Waals surface area (Å²) in [5.41, 5.74) is 0.719. The van der Waals surface area contributed by atoms with Crippen molar-refractivity contribution in [3.63, 3.8) is 0 Å². The molecule has 24 heavy (non-hydrogen) atoms. The van der Waals surface area contributed by atoms with Gasteiger partial charge in [-0.05, 0) is 26.0 Å². The van der Waals surface area contributed by atoms with Gasteiger partial charge in [-0.3, -0.25) is 14.9 Å². The molecule has 0 aliphatic carbocycles. The number of methoxy groups -OCH3 is 2. The third kappa shape index (κ3) is 4.03. The van der Waals surface area contributed by atoms with E-state index in [0.29, 0.717) is 17.3 Å². The number of hydrogen-bond acceptors (Lipinski definition) is 6. The Labute approximate surface area is 139 Å². The SMILES string of the molecule is COc1ccc([C@H](C)NC(=O)C(=O)Nc2cc(C)on2)c(OC)c1. The van der Waals surface area contributed by atoms with E-state index in [0.717, 1.165) is 5.56 Å². The number of aryl methyl sites for hydroxylation is 1. The Morgan fingerprint density at radius 3 is 2.50 bits per heavy atom. The van der Waals surface area contributed by atoms with Crippen molar-refractivity contribution < 1.29 is 23.6 Å². The Hall–Kier alpha value is -3.03. The van der Waals surface area contributed by atoms with Gasteiger partial charge in [0.05, 0.1) is 20.3 Å². The van der Waals surface area contributed by atoms with Crippen LogP contribution in [0.2, 0.25) is 0 Å². The van der Waals surface area contributed by atoms with E-state index in [9.17, 15) is 9.59 Å². The fourth-order valence-electron chi connectivity index (χ4n) is 2.11. The van der Waals surface area contributed by atoms with E-state index in [-0.39, 0.29) is 5.82 Å². The van der Waals surface area contributed by atoms with Gasteiger partial charge in [-0.2, -0.15) is 0 Å². The number of carbonyl (C=O) groups excluding carboxylic acids is 2. The molecule has 2 N–H and O–H groups in total. The van der Waals surface area contributed by atoms with Crippen molar-refractivity contribution in [1.82, 2.24) is 10.5 Å². The average Bonchev–Trinajstić information content (AvgIpc) is 2.98. The number of anilines is 1. The molecule has 0 bridgehead atoms. The molecule has 0 fully saturated rings. The summed E-state index contributed by atoms with van der Waals surface area (Å²) in [6, 6.07) is 6.29. The van der Waals surface area contributed by atoms with Crippen LogP contribution >= 0.6 is 0 Å². The molecule has 128 valence electrons. The van der Waals surface area contributed by atoms with Gasteiger partial charge >= 0.3 is 11.8 Å². The highest BCUT2D eigenvalue weighted by Gasteiger charge is 2.20. The van der Waals surface area contributed by atoms with E-state index in [1.165, 1.54) is 13.2 Å². The minimum Gasteiger partial charge on any atom is -0.497 e. The van der Waals surface area contributed by atoms with E-state index in [1.807, 2.05) is 0 Å². The maximum Gasteiger partial charge on any atom is 0.314 e. The molecule has 0 unspecified atom stereocenters. The molecule has 1 aromatic heterocycles. The molecule has 8 heteroatoms. The number of ether oxygens (including phenoxy) is 2. The molecule has 2 rings (SSSR count). The monoisotopic (exact) mass is 333 g/mol. The van der Waals surface area contributed by atoms with Gasteiger partial charge in [-0.15, -0.1) is 0 Å². The Balaban J connectivity index is 2.04. The zero-order chi connectivity index (χ0) is 17.7. The van der Waals surface area contributed by atoms with E-state index >= 15 is 0 Å². The summed E-state index contributed by atoms with van der Waals surface area (Å²) in [6.45, 7) is 3.43. The van der Waals surface area contributed by atoms with Gasteiger partial charge in [0.1, 0.15) is 17.3 Å². The average molecular weight is 333 g/mol. The third-order valence-electron chi connectivity index (χ3n) is 3.33.